The molecule has 0 spiro atoms. The van der Waals surface area contributed by atoms with Crippen molar-refractivity contribution in [1.29, 1.82) is 21.0 Å². The Morgan fingerprint density at radius 2 is 0.590 bits per heavy atom. The quantitative estimate of drug-likeness (QED) is 0.164. The van der Waals surface area contributed by atoms with Crippen molar-refractivity contribution in [1.82, 2.24) is 18.3 Å². The van der Waals surface area contributed by atoms with Crippen LogP contribution in [0.3, 0.4) is 0 Å². The van der Waals surface area contributed by atoms with Crippen LogP contribution in [0.5, 0.6) is 0 Å². The Morgan fingerprint density at radius 1 is 0.220 bits per heavy atom. The number of furan rings is 4. The smallest absolute Gasteiger partial charge is 0.144 e. The van der Waals surface area contributed by atoms with E-state index >= 15 is 0 Å². The first-order valence-corrected chi connectivity index (χ1v) is 32.9. The Morgan fingerprint density at radius 3 is 1.12 bits per heavy atom. The maximum absolute atomic E-state index is 11.6. The maximum atomic E-state index is 11.6. The first kappa shape index (κ1) is 53.8. The van der Waals surface area contributed by atoms with Crippen molar-refractivity contribution in [2.75, 3.05) is 0 Å². The Kier molecular flexibility index (Phi) is 10.5. The molecule has 8 heterocycles. The topological polar surface area (TPSA) is 167 Å². The van der Waals surface area contributed by atoms with Gasteiger partial charge < -0.3 is 35.9 Å². The summed E-state index contributed by atoms with van der Waals surface area (Å²) in [6.45, 7) is 0. The molecule has 100 heavy (non-hydrogen) atoms. The number of nitriles is 4. The molecule has 0 aliphatic carbocycles. The Balaban J connectivity index is 0.785. The molecule has 0 N–H and O–H groups in total. The van der Waals surface area contributed by atoms with Crippen LogP contribution in [0.2, 0.25) is 0 Å². The molecule has 0 aliphatic rings. The van der Waals surface area contributed by atoms with E-state index in [1.165, 1.54) is 0 Å². The van der Waals surface area contributed by atoms with Gasteiger partial charge in [0, 0.05) is 86.5 Å². The van der Waals surface area contributed by atoms with Crippen molar-refractivity contribution in [3.63, 3.8) is 0 Å². The minimum Gasteiger partial charge on any atom is -0.456 e. The highest BCUT2D eigenvalue weighted by Crippen LogP contribution is 2.51. The van der Waals surface area contributed by atoms with Gasteiger partial charge in [0.2, 0.25) is 0 Å². The highest BCUT2D eigenvalue weighted by atomic mass is 16.3. The van der Waals surface area contributed by atoms with E-state index in [1.807, 2.05) is 158 Å². The summed E-state index contributed by atoms with van der Waals surface area (Å²) in [7, 11) is 0. The van der Waals surface area contributed by atoms with Gasteiger partial charge in [-0.25, -0.2) is 0 Å². The van der Waals surface area contributed by atoms with E-state index in [2.05, 4.69) is 140 Å². The summed E-state index contributed by atoms with van der Waals surface area (Å²) < 4.78 is 35.8. The lowest BCUT2D eigenvalue weighted by molar-refractivity contribution is 0.665. The van der Waals surface area contributed by atoms with Crippen molar-refractivity contribution >= 4 is 175 Å². The molecule has 12 nitrogen and oxygen atoms in total. The predicted octanol–water partition coefficient (Wildman–Crippen LogP) is 22.8. The Hall–Kier alpha value is -14.6. The molecule has 0 fully saturated rings. The average Bonchev–Trinajstić information content (AvgIpc) is 1.55. The van der Waals surface area contributed by atoms with Crippen molar-refractivity contribution in [3.8, 4) is 58.2 Å². The molecular weight excluding hydrogens is 1230 g/mol. The van der Waals surface area contributed by atoms with Gasteiger partial charge in [0.05, 0.1) is 99.9 Å². The molecule has 0 unspecified atom stereocenters. The second kappa shape index (κ2) is 19.5. The fourth-order valence-electron chi connectivity index (χ4n) is 16.9. The lowest BCUT2D eigenvalue weighted by atomic mass is 9.96. The van der Waals surface area contributed by atoms with Crippen LogP contribution in [0.4, 0.5) is 0 Å². The molecule has 14 aromatic carbocycles. The number of benzene rings is 14. The van der Waals surface area contributed by atoms with Crippen LogP contribution in [0, 0.1) is 45.3 Å². The summed E-state index contributed by atoms with van der Waals surface area (Å²) >= 11 is 0. The Bertz CT molecular complexity index is 7730. The van der Waals surface area contributed by atoms with Gasteiger partial charge in [-0.1, -0.05) is 146 Å². The van der Waals surface area contributed by atoms with E-state index in [0.717, 1.165) is 164 Å². The minimum absolute atomic E-state index is 0.362. The molecule has 0 aliphatic heterocycles. The second-order valence-electron chi connectivity index (χ2n) is 25.7. The van der Waals surface area contributed by atoms with Gasteiger partial charge in [-0.2, -0.15) is 21.0 Å². The summed E-state index contributed by atoms with van der Waals surface area (Å²) in [4.78, 5) is 0. The van der Waals surface area contributed by atoms with Crippen molar-refractivity contribution < 1.29 is 17.7 Å². The highest BCUT2D eigenvalue weighted by molar-refractivity contribution is 6.33. The van der Waals surface area contributed by atoms with E-state index in [1.54, 1.807) is 0 Å². The van der Waals surface area contributed by atoms with Crippen LogP contribution >= 0.6 is 0 Å². The number of fused-ring (bicyclic) bond motifs is 28. The summed E-state index contributed by atoms with van der Waals surface area (Å²) in [6.07, 6.45) is 0. The molecule has 0 saturated heterocycles. The van der Waals surface area contributed by atoms with Gasteiger partial charge in [0.1, 0.15) is 68.9 Å². The first-order valence-electron chi connectivity index (χ1n) is 32.9. The average molecular weight is 1280 g/mol. The van der Waals surface area contributed by atoms with Crippen LogP contribution in [0.1, 0.15) is 22.3 Å². The highest BCUT2D eigenvalue weighted by Gasteiger charge is 2.30. The molecule has 22 aromatic rings. The van der Waals surface area contributed by atoms with Crippen molar-refractivity contribution in [2.45, 2.75) is 0 Å². The number of nitrogens with zero attached hydrogens (tertiary/aromatic N) is 8. The van der Waals surface area contributed by atoms with E-state index < -0.39 is 0 Å². The summed E-state index contributed by atoms with van der Waals surface area (Å²) in [5, 5.41) is 61.3. The fourth-order valence-corrected chi connectivity index (χ4v) is 16.9. The maximum Gasteiger partial charge on any atom is 0.144 e. The van der Waals surface area contributed by atoms with E-state index in [4.69, 9.17) is 17.7 Å². The summed E-state index contributed by atoms with van der Waals surface area (Å²) in [5.74, 6) is 0. The molecule has 0 radical (unpaired) electrons. The third-order valence-corrected chi connectivity index (χ3v) is 20.9. The largest absolute Gasteiger partial charge is 0.456 e. The van der Waals surface area contributed by atoms with Gasteiger partial charge >= 0.3 is 0 Å². The zero-order chi connectivity index (χ0) is 65.9. The molecule has 0 saturated carbocycles. The van der Waals surface area contributed by atoms with Crippen molar-refractivity contribution in [2.24, 2.45) is 0 Å². The predicted molar refractivity (Wildman–Crippen MR) is 397 cm³/mol. The molecular formula is C88H42N8O4. The minimum atomic E-state index is 0.362. The van der Waals surface area contributed by atoms with Gasteiger partial charge in [-0.15, -0.1) is 0 Å². The molecule has 0 bridgehead atoms. The van der Waals surface area contributed by atoms with Gasteiger partial charge in [-0.3, -0.25) is 0 Å². The van der Waals surface area contributed by atoms with Crippen molar-refractivity contribution in [3.05, 3.63) is 277 Å². The zero-order valence-corrected chi connectivity index (χ0v) is 52.5. The fraction of sp³-hybridized carbons (Fsp3) is 0. The summed E-state index contributed by atoms with van der Waals surface area (Å²) in [6, 6.07) is 95.3. The molecule has 8 aromatic heterocycles. The normalized spacial score (nSPS) is 12.2. The van der Waals surface area contributed by atoms with E-state index in [9.17, 15) is 21.0 Å². The number of rotatable bonds is 5. The summed E-state index contributed by atoms with van der Waals surface area (Å²) in [5.41, 5.74) is 17.6. The van der Waals surface area contributed by atoms with Crippen LogP contribution in [-0.4, -0.2) is 18.3 Å². The van der Waals surface area contributed by atoms with Gasteiger partial charge in [-0.05, 0) is 109 Å². The van der Waals surface area contributed by atoms with Crippen LogP contribution in [0.25, 0.3) is 209 Å². The molecule has 12 heteroatoms. The third-order valence-electron chi connectivity index (χ3n) is 20.9. The van der Waals surface area contributed by atoms with E-state index in [0.29, 0.717) is 67.3 Å². The van der Waals surface area contributed by atoms with Crippen LogP contribution in [-0.2, 0) is 0 Å². The molecule has 458 valence electrons. The first-order chi connectivity index (χ1) is 49.5. The SMILES string of the molecule is N#Cc1cc(-n2c3ccccc3c3c4c(oc5ccccc54)c(-c4cccc5c4oc4ccc6c7ccccc7n(-c7cc(C#N)c(-n8c9ccccc9c9ccc%10oc%11ccccc%11c%10c98)cc7C#N)c6c45)cc32)c(C#N)cc1-n1c2ccccc2c2c3c(ccc21)oc1ccccc13. The van der Waals surface area contributed by atoms with Crippen LogP contribution in [0.15, 0.2) is 272 Å². The van der Waals surface area contributed by atoms with E-state index in [-0.39, 0.29) is 0 Å². The lowest BCUT2D eigenvalue weighted by Crippen LogP contribution is -2.04. The Labute approximate surface area is 564 Å². The number of hydrogen-bond acceptors (Lipinski definition) is 8. The molecule has 0 atom stereocenters. The monoisotopic (exact) mass is 1270 g/mol. The molecule has 0 amide bonds. The third kappa shape index (κ3) is 6.86. The van der Waals surface area contributed by atoms with Gasteiger partial charge in [0.15, 0.2) is 0 Å². The number of para-hydroxylation sites is 8. The number of hydrogen-bond donors (Lipinski definition) is 0. The van der Waals surface area contributed by atoms with Crippen LogP contribution < -0.4 is 0 Å². The second-order valence-corrected chi connectivity index (χ2v) is 25.7. The zero-order valence-electron chi connectivity index (χ0n) is 52.5. The lowest BCUT2D eigenvalue weighted by Gasteiger charge is -2.16. The molecule has 22 rings (SSSR count). The van der Waals surface area contributed by atoms with Gasteiger partial charge in [0.25, 0.3) is 0 Å². The standard InChI is InChI=1S/C88H42N8O4/c89-43-47-39-69(48(44-90)38-68(47)93-65-27-10-3-18-56(65)79-67(93)34-37-76-81(79)58-20-5-12-29-73(58)97-76)94-66-28-11-4-19-57(66)80-72(94)42-62(88-84(80)60-22-7-14-31-75(60)99-88)55-23-15-24-61-83-78(100-87(55)61)36-33-54-52-17-2-9-26-64(52)96(86(54)83)71-41-49(45-91)70(40-50(71)46-92)95-63-25-8-1-16-51(63)53-32-35-77-82(85(53)95)59-21-6-13-30-74(59)98-77/h1-42H. The number of aromatic nitrogens is 4.